The van der Waals surface area contributed by atoms with Crippen LogP contribution in [-0.4, -0.2) is 38.9 Å². The zero-order valence-corrected chi connectivity index (χ0v) is 9.71. The largest absolute Gasteiger partial charge is 0.507 e. The van der Waals surface area contributed by atoms with Crippen LogP contribution in [0, 0.1) is 6.92 Å². The molecule has 0 saturated carbocycles. The summed E-state index contributed by atoms with van der Waals surface area (Å²) in [5, 5.41) is 37.4. The van der Waals surface area contributed by atoms with E-state index in [0.29, 0.717) is 5.56 Å². The second-order valence-corrected chi connectivity index (χ2v) is 3.98. The normalized spacial score (nSPS) is 14.4. The van der Waals surface area contributed by atoms with Crippen molar-refractivity contribution >= 4 is 5.78 Å². The lowest BCUT2D eigenvalue weighted by Gasteiger charge is -2.19. The third-order valence-corrected chi connectivity index (χ3v) is 2.63. The molecule has 17 heavy (non-hydrogen) atoms. The van der Waals surface area contributed by atoms with E-state index in [1.807, 2.05) is 0 Å². The molecule has 0 aliphatic heterocycles. The van der Waals surface area contributed by atoms with Crippen LogP contribution in [0.1, 0.15) is 34.5 Å². The van der Waals surface area contributed by atoms with Crippen molar-refractivity contribution in [3.05, 3.63) is 28.8 Å². The summed E-state index contributed by atoms with van der Waals surface area (Å²) in [6, 6.07) is 2.68. The molecular weight excluding hydrogens is 224 g/mol. The van der Waals surface area contributed by atoms with E-state index in [2.05, 4.69) is 0 Å². The maximum absolute atomic E-state index is 11.2. The van der Waals surface area contributed by atoms with Crippen molar-refractivity contribution in [3.8, 4) is 5.75 Å². The molecule has 0 aliphatic carbocycles. The van der Waals surface area contributed by atoms with Crippen LogP contribution < -0.4 is 0 Å². The maximum atomic E-state index is 11.2. The Morgan fingerprint density at radius 1 is 1.35 bits per heavy atom. The molecular formula is C12H16O5. The molecule has 0 bridgehead atoms. The summed E-state index contributed by atoms with van der Waals surface area (Å²) >= 11 is 0. The first kappa shape index (κ1) is 13.6. The molecule has 2 atom stereocenters. The number of hydrogen-bond acceptors (Lipinski definition) is 5. The lowest BCUT2D eigenvalue weighted by Crippen LogP contribution is -2.22. The van der Waals surface area contributed by atoms with Gasteiger partial charge in [-0.15, -0.1) is 0 Å². The number of carbonyl (C=O) groups is 1. The summed E-state index contributed by atoms with van der Waals surface area (Å²) in [4.78, 5) is 11.2. The monoisotopic (exact) mass is 240 g/mol. The van der Waals surface area contributed by atoms with Gasteiger partial charge in [-0.05, 0) is 37.1 Å². The molecule has 0 saturated heterocycles. The van der Waals surface area contributed by atoms with Gasteiger partial charge in [-0.3, -0.25) is 4.79 Å². The van der Waals surface area contributed by atoms with E-state index in [4.69, 9.17) is 5.11 Å². The SMILES string of the molecule is CC(=O)c1cc(C)c(C(O)C(O)CO)cc1O. The summed E-state index contributed by atoms with van der Waals surface area (Å²) in [5.41, 5.74) is 1.01. The molecule has 1 aromatic rings. The van der Waals surface area contributed by atoms with Gasteiger partial charge in [0.1, 0.15) is 18.0 Å². The quantitative estimate of drug-likeness (QED) is 0.567. The highest BCUT2D eigenvalue weighted by Gasteiger charge is 2.21. The highest BCUT2D eigenvalue weighted by molar-refractivity contribution is 5.97. The molecule has 0 spiro atoms. The van der Waals surface area contributed by atoms with Gasteiger partial charge >= 0.3 is 0 Å². The minimum absolute atomic E-state index is 0.164. The van der Waals surface area contributed by atoms with E-state index < -0.39 is 18.8 Å². The van der Waals surface area contributed by atoms with E-state index in [-0.39, 0.29) is 22.7 Å². The first-order valence-electron chi connectivity index (χ1n) is 5.20. The minimum Gasteiger partial charge on any atom is -0.507 e. The van der Waals surface area contributed by atoms with Crippen LogP contribution in [0.15, 0.2) is 12.1 Å². The van der Waals surface area contributed by atoms with Gasteiger partial charge < -0.3 is 20.4 Å². The highest BCUT2D eigenvalue weighted by atomic mass is 16.4. The van der Waals surface area contributed by atoms with Crippen molar-refractivity contribution in [1.82, 2.24) is 0 Å². The molecule has 0 fully saturated rings. The summed E-state index contributed by atoms with van der Waals surface area (Å²) in [5.74, 6) is -0.531. The molecule has 2 unspecified atom stereocenters. The number of benzene rings is 1. The zero-order chi connectivity index (χ0) is 13.2. The molecule has 5 heteroatoms. The topological polar surface area (TPSA) is 98.0 Å². The number of aliphatic hydroxyl groups excluding tert-OH is 3. The number of hydrogen-bond donors (Lipinski definition) is 4. The van der Waals surface area contributed by atoms with Gasteiger partial charge in [0.15, 0.2) is 5.78 Å². The molecule has 0 aromatic heterocycles. The Morgan fingerprint density at radius 2 is 1.94 bits per heavy atom. The number of aliphatic hydroxyl groups is 3. The Kier molecular flexibility index (Phi) is 4.22. The third-order valence-electron chi connectivity index (χ3n) is 2.63. The van der Waals surface area contributed by atoms with Crippen LogP contribution in [0.2, 0.25) is 0 Å². The molecule has 0 amide bonds. The smallest absolute Gasteiger partial charge is 0.163 e. The van der Waals surface area contributed by atoms with Crippen LogP contribution >= 0.6 is 0 Å². The fourth-order valence-electron chi connectivity index (χ4n) is 1.62. The first-order chi connectivity index (χ1) is 7.88. The van der Waals surface area contributed by atoms with Crippen molar-refractivity contribution in [2.24, 2.45) is 0 Å². The number of carbonyl (C=O) groups excluding carboxylic acids is 1. The molecule has 0 radical (unpaired) electrons. The first-order valence-corrected chi connectivity index (χ1v) is 5.20. The second kappa shape index (κ2) is 5.27. The van der Waals surface area contributed by atoms with E-state index in [9.17, 15) is 20.1 Å². The van der Waals surface area contributed by atoms with Crippen molar-refractivity contribution < 1.29 is 25.2 Å². The number of phenolic OH excluding ortho intramolecular Hbond substituents is 1. The van der Waals surface area contributed by atoms with Crippen molar-refractivity contribution in [1.29, 1.82) is 0 Å². The molecule has 0 aliphatic rings. The highest BCUT2D eigenvalue weighted by Crippen LogP contribution is 2.28. The number of aryl methyl sites for hydroxylation is 1. The molecule has 94 valence electrons. The van der Waals surface area contributed by atoms with Crippen LogP contribution in [-0.2, 0) is 0 Å². The Morgan fingerprint density at radius 3 is 2.41 bits per heavy atom. The van der Waals surface area contributed by atoms with Crippen molar-refractivity contribution in [2.45, 2.75) is 26.1 Å². The standard InChI is InChI=1S/C12H16O5/c1-6-3-9(7(2)14)10(15)4-8(6)12(17)11(16)5-13/h3-4,11-13,15-17H,5H2,1-2H3. The van der Waals surface area contributed by atoms with Gasteiger partial charge in [0.25, 0.3) is 0 Å². The summed E-state index contributed by atoms with van der Waals surface area (Å²) in [7, 11) is 0. The number of rotatable bonds is 4. The zero-order valence-electron chi connectivity index (χ0n) is 9.71. The fourth-order valence-corrected chi connectivity index (χ4v) is 1.62. The number of phenols is 1. The van der Waals surface area contributed by atoms with Gasteiger partial charge in [0.05, 0.1) is 12.2 Å². The van der Waals surface area contributed by atoms with Gasteiger partial charge in [0, 0.05) is 0 Å². The van der Waals surface area contributed by atoms with Gasteiger partial charge in [0.2, 0.25) is 0 Å². The Labute approximate surface area is 99.0 Å². The lowest BCUT2D eigenvalue weighted by molar-refractivity contribution is -0.0156. The fraction of sp³-hybridized carbons (Fsp3) is 0.417. The van der Waals surface area contributed by atoms with E-state index in [1.54, 1.807) is 6.92 Å². The average molecular weight is 240 g/mol. The molecule has 1 rings (SSSR count). The molecule has 1 aromatic carbocycles. The maximum Gasteiger partial charge on any atom is 0.163 e. The molecule has 4 N–H and O–H groups in total. The Balaban J connectivity index is 3.20. The number of aromatic hydroxyl groups is 1. The van der Waals surface area contributed by atoms with Gasteiger partial charge in [-0.25, -0.2) is 0 Å². The van der Waals surface area contributed by atoms with Crippen LogP contribution in [0.3, 0.4) is 0 Å². The number of ketones is 1. The van der Waals surface area contributed by atoms with Gasteiger partial charge in [-0.1, -0.05) is 0 Å². The average Bonchev–Trinajstić information content (AvgIpc) is 2.29. The minimum atomic E-state index is -1.32. The summed E-state index contributed by atoms with van der Waals surface area (Å²) in [6.45, 7) is 2.39. The Hall–Kier alpha value is -1.43. The van der Waals surface area contributed by atoms with Crippen molar-refractivity contribution in [3.63, 3.8) is 0 Å². The Bertz CT molecular complexity index is 427. The molecule has 0 heterocycles. The summed E-state index contributed by atoms with van der Waals surface area (Å²) in [6.07, 6.45) is -2.62. The third kappa shape index (κ3) is 2.82. The van der Waals surface area contributed by atoms with Crippen LogP contribution in [0.25, 0.3) is 0 Å². The van der Waals surface area contributed by atoms with E-state index in [1.165, 1.54) is 19.1 Å². The predicted octanol–water partition coefficient (Wildman–Crippen LogP) is 0.290. The van der Waals surface area contributed by atoms with Gasteiger partial charge in [-0.2, -0.15) is 0 Å². The predicted molar refractivity (Wildman–Crippen MR) is 60.9 cm³/mol. The second-order valence-electron chi connectivity index (χ2n) is 3.98. The van der Waals surface area contributed by atoms with E-state index in [0.717, 1.165) is 0 Å². The summed E-state index contributed by atoms with van der Waals surface area (Å²) < 4.78 is 0. The number of Topliss-reactive ketones (excluding diaryl/α,β-unsaturated/α-hetero) is 1. The van der Waals surface area contributed by atoms with E-state index >= 15 is 0 Å². The lowest BCUT2D eigenvalue weighted by atomic mass is 9.96. The van der Waals surface area contributed by atoms with Crippen LogP contribution in [0.5, 0.6) is 5.75 Å². The molecule has 5 nitrogen and oxygen atoms in total. The van der Waals surface area contributed by atoms with Crippen molar-refractivity contribution in [2.75, 3.05) is 6.61 Å². The van der Waals surface area contributed by atoms with Crippen LogP contribution in [0.4, 0.5) is 0 Å².